The van der Waals surface area contributed by atoms with Crippen LogP contribution in [0, 0.1) is 18.8 Å². The highest BCUT2D eigenvalue weighted by atomic mass is 16.5. The molecule has 1 aromatic heterocycles. The van der Waals surface area contributed by atoms with Crippen molar-refractivity contribution < 1.29 is 19.7 Å². The normalized spacial score (nSPS) is 19.1. The lowest BCUT2D eigenvalue weighted by atomic mass is 9.81. The summed E-state index contributed by atoms with van der Waals surface area (Å²) >= 11 is 0. The number of hydrogen-bond donors (Lipinski definition) is 2. The van der Waals surface area contributed by atoms with Crippen LogP contribution in [0.1, 0.15) is 61.3 Å². The molecule has 0 bridgehead atoms. The van der Waals surface area contributed by atoms with Crippen LogP contribution in [0.5, 0.6) is 5.75 Å². The number of carboxylic acid groups (broad SMARTS) is 1. The van der Waals surface area contributed by atoms with Crippen molar-refractivity contribution in [2.45, 2.75) is 58.0 Å². The quantitative estimate of drug-likeness (QED) is 0.303. The van der Waals surface area contributed by atoms with Crippen molar-refractivity contribution >= 4 is 16.9 Å². The number of piperidine rings is 1. The lowest BCUT2D eigenvalue weighted by Crippen LogP contribution is -2.44. The Morgan fingerprint density at radius 2 is 2.00 bits per heavy atom. The van der Waals surface area contributed by atoms with Gasteiger partial charge in [-0.1, -0.05) is 30.7 Å². The second-order valence-electron chi connectivity index (χ2n) is 10.4. The highest BCUT2D eigenvalue weighted by Gasteiger charge is 2.34. The third-order valence-corrected chi connectivity index (χ3v) is 7.99. The first-order valence-corrected chi connectivity index (χ1v) is 13.6. The van der Waals surface area contributed by atoms with E-state index in [0.29, 0.717) is 19.4 Å². The van der Waals surface area contributed by atoms with Crippen LogP contribution in [-0.4, -0.2) is 52.8 Å². The molecule has 0 saturated carbocycles. The van der Waals surface area contributed by atoms with Crippen molar-refractivity contribution in [3.63, 3.8) is 0 Å². The van der Waals surface area contributed by atoms with Gasteiger partial charge in [0.25, 0.3) is 0 Å². The smallest absolute Gasteiger partial charge is 0.308 e. The third kappa shape index (κ3) is 7.08. The number of ether oxygens (including phenoxy) is 1. The summed E-state index contributed by atoms with van der Waals surface area (Å²) in [6.45, 7) is 4.65. The molecule has 3 aromatic rings. The molecule has 3 atom stereocenters. The Bertz CT molecular complexity index is 1180. The van der Waals surface area contributed by atoms with Gasteiger partial charge in [-0.05, 0) is 105 Å². The summed E-state index contributed by atoms with van der Waals surface area (Å²) < 4.78 is 5.35. The van der Waals surface area contributed by atoms with E-state index in [2.05, 4.69) is 41.1 Å². The molecule has 6 heteroatoms. The summed E-state index contributed by atoms with van der Waals surface area (Å²) in [7, 11) is 1.62. The maximum absolute atomic E-state index is 12.1. The first kappa shape index (κ1) is 27.1. The topological polar surface area (TPSA) is 82.9 Å². The van der Waals surface area contributed by atoms with E-state index in [4.69, 9.17) is 4.74 Å². The van der Waals surface area contributed by atoms with Crippen LogP contribution in [0.3, 0.4) is 0 Å². The molecule has 1 aliphatic rings. The number of fused-ring (bicyclic) bond motifs is 1. The Morgan fingerprint density at radius 3 is 2.78 bits per heavy atom. The molecule has 1 aliphatic heterocycles. The summed E-state index contributed by atoms with van der Waals surface area (Å²) in [4.78, 5) is 18.8. The van der Waals surface area contributed by atoms with Gasteiger partial charge in [0.05, 0.1) is 24.6 Å². The molecule has 0 radical (unpaired) electrons. The Labute approximate surface area is 220 Å². The molecule has 6 nitrogen and oxygen atoms in total. The van der Waals surface area contributed by atoms with E-state index in [1.807, 2.05) is 24.3 Å². The molecule has 2 heterocycles. The number of likely N-dealkylation sites (tertiary alicyclic amines) is 1. The van der Waals surface area contributed by atoms with Crippen molar-refractivity contribution in [1.29, 1.82) is 0 Å². The third-order valence-electron chi connectivity index (χ3n) is 7.99. The molecule has 2 N–H and O–H groups in total. The van der Waals surface area contributed by atoms with Crippen LogP contribution in [0.4, 0.5) is 0 Å². The number of rotatable bonds is 12. The fourth-order valence-corrected chi connectivity index (χ4v) is 5.71. The predicted octanol–water partition coefficient (Wildman–Crippen LogP) is 5.80. The van der Waals surface area contributed by atoms with Crippen LogP contribution in [0.2, 0.25) is 0 Å². The maximum Gasteiger partial charge on any atom is 0.308 e. The molecule has 2 aromatic carbocycles. The minimum Gasteiger partial charge on any atom is -0.497 e. The van der Waals surface area contributed by atoms with Gasteiger partial charge in [0, 0.05) is 18.1 Å². The maximum atomic E-state index is 12.1. The minimum absolute atomic E-state index is 0.0760. The van der Waals surface area contributed by atoms with Crippen LogP contribution in [0.25, 0.3) is 10.9 Å². The monoisotopic (exact) mass is 504 g/mol. The van der Waals surface area contributed by atoms with Crippen molar-refractivity contribution in [2.24, 2.45) is 11.8 Å². The van der Waals surface area contributed by atoms with Crippen molar-refractivity contribution in [3.05, 3.63) is 71.4 Å². The number of aliphatic hydroxyl groups excluding tert-OH is 1. The number of aliphatic hydroxyl groups is 1. The molecule has 0 amide bonds. The Hall–Kier alpha value is -2.96. The average Bonchev–Trinajstić information content (AvgIpc) is 2.92. The van der Waals surface area contributed by atoms with E-state index in [1.165, 1.54) is 11.1 Å². The highest BCUT2D eigenvalue weighted by Crippen LogP contribution is 2.34. The molecule has 1 fully saturated rings. The van der Waals surface area contributed by atoms with Gasteiger partial charge in [0.1, 0.15) is 5.75 Å². The zero-order valence-corrected chi connectivity index (χ0v) is 22.1. The number of aromatic nitrogens is 1. The van der Waals surface area contributed by atoms with Crippen LogP contribution in [-0.2, 0) is 11.2 Å². The van der Waals surface area contributed by atoms with E-state index in [0.717, 1.165) is 67.4 Å². The summed E-state index contributed by atoms with van der Waals surface area (Å²) in [5, 5.41) is 21.9. The van der Waals surface area contributed by atoms with Gasteiger partial charge in [-0.3, -0.25) is 9.78 Å². The zero-order valence-electron chi connectivity index (χ0n) is 22.1. The number of unbranched alkanes of at least 4 members (excludes halogenated alkanes) is 2. The van der Waals surface area contributed by atoms with E-state index in [9.17, 15) is 15.0 Å². The van der Waals surface area contributed by atoms with Gasteiger partial charge in [0.15, 0.2) is 0 Å². The van der Waals surface area contributed by atoms with E-state index < -0.39 is 12.1 Å². The highest BCUT2D eigenvalue weighted by molar-refractivity contribution is 5.83. The SMILES string of the molecule is COc1ccc2nccc(C(O)CC[C@@H]3CCN(CCCCCc4ccccc4C)C[C@@H]3C(=O)O)c2c1. The summed E-state index contributed by atoms with van der Waals surface area (Å²) in [5.74, 6) is -0.306. The predicted molar refractivity (Wildman–Crippen MR) is 147 cm³/mol. The summed E-state index contributed by atoms with van der Waals surface area (Å²) in [6, 6.07) is 16.1. The standard InChI is InChI=1S/C31H40N2O4/c1-22-8-5-6-10-23(22)9-4-3-7-18-33-19-16-24(28(21-33)31(35)36)11-14-30(34)26-15-17-32-29-13-12-25(37-2)20-27(26)29/h5-6,8,10,12-13,15,17,20,24,28,30,34H,3-4,7,9,11,14,16,18-19,21H2,1-2H3,(H,35,36)/t24-,28+,30?/m1/s1. The Morgan fingerprint density at radius 1 is 1.16 bits per heavy atom. The van der Waals surface area contributed by atoms with Gasteiger partial charge in [0.2, 0.25) is 0 Å². The van der Waals surface area contributed by atoms with Gasteiger partial charge in [-0.15, -0.1) is 0 Å². The first-order chi connectivity index (χ1) is 18.0. The summed E-state index contributed by atoms with van der Waals surface area (Å²) in [5.41, 5.74) is 4.41. The molecule has 0 spiro atoms. The zero-order chi connectivity index (χ0) is 26.2. The molecule has 198 valence electrons. The molecule has 4 rings (SSSR count). The molecule has 0 aliphatic carbocycles. The molecule has 1 unspecified atom stereocenters. The molecule has 1 saturated heterocycles. The van der Waals surface area contributed by atoms with Crippen LogP contribution in [0.15, 0.2) is 54.7 Å². The number of carbonyl (C=O) groups is 1. The van der Waals surface area contributed by atoms with E-state index in [-0.39, 0.29) is 11.8 Å². The van der Waals surface area contributed by atoms with Crippen molar-refractivity contribution in [1.82, 2.24) is 9.88 Å². The van der Waals surface area contributed by atoms with Gasteiger partial charge in [-0.25, -0.2) is 0 Å². The number of aryl methyl sites for hydroxylation is 2. The van der Waals surface area contributed by atoms with Gasteiger partial charge >= 0.3 is 5.97 Å². The number of nitrogens with zero attached hydrogens (tertiary/aromatic N) is 2. The van der Waals surface area contributed by atoms with E-state index in [1.54, 1.807) is 13.3 Å². The minimum atomic E-state index is -0.720. The fraction of sp³-hybridized carbons (Fsp3) is 0.484. The fourth-order valence-electron chi connectivity index (χ4n) is 5.71. The second-order valence-corrected chi connectivity index (χ2v) is 10.4. The number of methoxy groups -OCH3 is 1. The molecule has 37 heavy (non-hydrogen) atoms. The van der Waals surface area contributed by atoms with Crippen molar-refractivity contribution in [2.75, 3.05) is 26.7 Å². The van der Waals surface area contributed by atoms with E-state index >= 15 is 0 Å². The van der Waals surface area contributed by atoms with Crippen LogP contribution >= 0.6 is 0 Å². The second kappa shape index (κ2) is 13.0. The average molecular weight is 505 g/mol. The summed E-state index contributed by atoms with van der Waals surface area (Å²) in [6.07, 6.45) is 7.65. The lowest BCUT2D eigenvalue weighted by molar-refractivity contribution is -0.146. The Balaban J connectivity index is 1.26. The van der Waals surface area contributed by atoms with Gasteiger partial charge < -0.3 is 19.8 Å². The molecular weight excluding hydrogens is 464 g/mol. The van der Waals surface area contributed by atoms with Crippen molar-refractivity contribution in [3.8, 4) is 5.75 Å². The number of carboxylic acids is 1. The number of benzene rings is 2. The lowest BCUT2D eigenvalue weighted by Gasteiger charge is -2.37. The largest absolute Gasteiger partial charge is 0.497 e. The number of hydrogen-bond acceptors (Lipinski definition) is 5. The number of pyridine rings is 1. The Kier molecular flexibility index (Phi) is 9.53. The first-order valence-electron chi connectivity index (χ1n) is 13.6. The molecular formula is C31H40N2O4. The van der Waals surface area contributed by atoms with Crippen LogP contribution < -0.4 is 4.74 Å². The number of aliphatic carboxylic acids is 1. The van der Waals surface area contributed by atoms with Gasteiger partial charge in [-0.2, -0.15) is 0 Å².